The molecule has 5 nitrogen and oxygen atoms in total. The lowest BCUT2D eigenvalue weighted by atomic mass is 10.1. The summed E-state index contributed by atoms with van der Waals surface area (Å²) < 4.78 is 32.5. The molecule has 124 valence electrons. The number of fused-ring (bicyclic) bond motifs is 1. The number of nitrogens with zero attached hydrogens (tertiary/aromatic N) is 2. The molecular weight excluding hydrogens is 312 g/mol. The van der Waals surface area contributed by atoms with Crippen LogP contribution in [0, 0.1) is 0 Å². The maximum absolute atomic E-state index is 12.6. The van der Waals surface area contributed by atoms with Crippen LogP contribution in [0.15, 0.2) is 47.5 Å². The van der Waals surface area contributed by atoms with Gasteiger partial charge in [0.15, 0.2) is 9.84 Å². The first-order valence-electron chi connectivity index (χ1n) is 7.77. The molecule has 3 rings (SSSR count). The van der Waals surface area contributed by atoms with Gasteiger partial charge in [0.25, 0.3) is 0 Å². The van der Waals surface area contributed by atoms with Crippen molar-refractivity contribution in [1.82, 2.24) is 9.47 Å². The zero-order valence-corrected chi connectivity index (χ0v) is 14.3. The predicted molar refractivity (Wildman–Crippen MR) is 89.5 cm³/mol. The first-order chi connectivity index (χ1) is 11.0. The van der Waals surface area contributed by atoms with Crippen LogP contribution < -0.4 is 4.74 Å². The molecule has 1 atom stereocenters. The van der Waals surface area contributed by atoms with Crippen LogP contribution in [0.25, 0.3) is 0 Å². The summed E-state index contributed by atoms with van der Waals surface area (Å²) in [4.78, 5) is 2.55. The zero-order valence-electron chi connectivity index (χ0n) is 13.5. The molecule has 0 radical (unpaired) electrons. The molecule has 1 aliphatic heterocycles. The van der Waals surface area contributed by atoms with Crippen LogP contribution in [0.5, 0.6) is 5.75 Å². The average molecular weight is 334 g/mol. The standard InChI is InChI=1S/C17H22N2O3S/c1-14-17-7-4-8-19(17)10-9-18(14)11-12-23(20,21)16-6-3-5-15(13-16)22-2/h3-8,13-14H,9-12H2,1-2H3/t14-/m0/s1. The van der Waals surface area contributed by atoms with Gasteiger partial charge in [-0.1, -0.05) is 6.07 Å². The van der Waals surface area contributed by atoms with E-state index in [4.69, 9.17) is 4.74 Å². The Kier molecular flexibility index (Phi) is 4.46. The largest absolute Gasteiger partial charge is 0.497 e. The summed E-state index contributed by atoms with van der Waals surface area (Å²) in [5, 5.41) is 0. The van der Waals surface area contributed by atoms with Crippen molar-refractivity contribution in [2.75, 3.05) is 26.0 Å². The monoisotopic (exact) mass is 334 g/mol. The number of methoxy groups -OCH3 is 1. The van der Waals surface area contributed by atoms with Gasteiger partial charge >= 0.3 is 0 Å². The van der Waals surface area contributed by atoms with Crippen LogP contribution in [0.2, 0.25) is 0 Å². The summed E-state index contributed by atoms with van der Waals surface area (Å²) in [6.45, 7) is 4.44. The van der Waals surface area contributed by atoms with E-state index in [1.54, 1.807) is 24.3 Å². The smallest absolute Gasteiger partial charge is 0.179 e. The molecule has 0 saturated carbocycles. The number of ether oxygens (including phenoxy) is 1. The van der Waals surface area contributed by atoms with Gasteiger partial charge in [-0.25, -0.2) is 8.42 Å². The fourth-order valence-corrected chi connectivity index (χ4v) is 4.37. The molecule has 23 heavy (non-hydrogen) atoms. The minimum Gasteiger partial charge on any atom is -0.497 e. The van der Waals surface area contributed by atoms with Crippen LogP contribution in [-0.2, 0) is 16.4 Å². The van der Waals surface area contributed by atoms with Crippen molar-refractivity contribution in [3.05, 3.63) is 48.3 Å². The van der Waals surface area contributed by atoms with Gasteiger partial charge in [0.2, 0.25) is 0 Å². The quantitative estimate of drug-likeness (QED) is 0.842. The Balaban J connectivity index is 1.70. The van der Waals surface area contributed by atoms with E-state index in [1.807, 2.05) is 6.07 Å². The first-order valence-corrected chi connectivity index (χ1v) is 9.42. The Labute approximate surface area is 137 Å². The Bertz CT molecular complexity index is 783. The molecule has 0 aliphatic carbocycles. The SMILES string of the molecule is COc1cccc(S(=O)(=O)CCN2CCn3cccc3[C@@H]2C)c1. The van der Waals surface area contributed by atoms with Crippen molar-refractivity contribution >= 4 is 9.84 Å². The Hall–Kier alpha value is -1.79. The second-order valence-electron chi connectivity index (χ2n) is 5.84. The number of benzene rings is 1. The van der Waals surface area contributed by atoms with E-state index >= 15 is 0 Å². The lowest BCUT2D eigenvalue weighted by Crippen LogP contribution is -2.39. The normalized spacial score (nSPS) is 18.6. The van der Waals surface area contributed by atoms with Crippen LogP contribution >= 0.6 is 0 Å². The molecule has 1 aromatic carbocycles. The van der Waals surface area contributed by atoms with Gasteiger partial charge in [-0.15, -0.1) is 0 Å². The lowest BCUT2D eigenvalue weighted by Gasteiger charge is -2.34. The predicted octanol–water partition coefficient (Wildman–Crippen LogP) is 2.35. The second-order valence-corrected chi connectivity index (χ2v) is 7.95. The molecule has 1 aliphatic rings. The van der Waals surface area contributed by atoms with Crippen LogP contribution in [0.3, 0.4) is 0 Å². The highest BCUT2D eigenvalue weighted by Gasteiger charge is 2.25. The van der Waals surface area contributed by atoms with Crippen molar-refractivity contribution in [2.24, 2.45) is 0 Å². The molecule has 0 unspecified atom stereocenters. The molecule has 2 aromatic rings. The van der Waals surface area contributed by atoms with Crippen molar-refractivity contribution in [2.45, 2.75) is 24.4 Å². The van der Waals surface area contributed by atoms with Gasteiger partial charge < -0.3 is 9.30 Å². The van der Waals surface area contributed by atoms with Crippen molar-refractivity contribution in [3.8, 4) is 5.75 Å². The summed E-state index contributed by atoms with van der Waals surface area (Å²) >= 11 is 0. The maximum atomic E-state index is 12.6. The van der Waals surface area contributed by atoms with E-state index in [0.29, 0.717) is 17.2 Å². The van der Waals surface area contributed by atoms with Crippen LogP contribution in [-0.4, -0.2) is 43.8 Å². The van der Waals surface area contributed by atoms with E-state index in [-0.39, 0.29) is 11.8 Å². The molecule has 6 heteroatoms. The molecule has 0 amide bonds. The summed E-state index contributed by atoms with van der Waals surface area (Å²) in [6, 6.07) is 11.1. The molecule has 0 spiro atoms. The van der Waals surface area contributed by atoms with Gasteiger partial charge in [0.05, 0.1) is 17.8 Å². The fourth-order valence-electron chi connectivity index (χ4n) is 3.08. The highest BCUT2D eigenvalue weighted by atomic mass is 32.2. The third-order valence-electron chi connectivity index (χ3n) is 4.52. The van der Waals surface area contributed by atoms with Gasteiger partial charge in [0, 0.05) is 37.6 Å². The molecular formula is C17H22N2O3S. The van der Waals surface area contributed by atoms with Gasteiger partial charge in [-0.3, -0.25) is 4.90 Å². The van der Waals surface area contributed by atoms with E-state index in [9.17, 15) is 8.42 Å². The Morgan fingerprint density at radius 3 is 2.83 bits per heavy atom. The summed E-state index contributed by atoms with van der Waals surface area (Å²) in [6.07, 6.45) is 2.08. The van der Waals surface area contributed by atoms with Gasteiger partial charge in [-0.2, -0.15) is 0 Å². The molecule has 0 N–H and O–H groups in total. The van der Waals surface area contributed by atoms with Crippen molar-refractivity contribution in [3.63, 3.8) is 0 Å². The van der Waals surface area contributed by atoms with Gasteiger partial charge in [0.1, 0.15) is 5.75 Å². The maximum Gasteiger partial charge on any atom is 0.179 e. The van der Waals surface area contributed by atoms with E-state index < -0.39 is 9.84 Å². The highest BCUT2D eigenvalue weighted by molar-refractivity contribution is 7.91. The minimum absolute atomic E-state index is 0.116. The molecule has 0 fully saturated rings. The van der Waals surface area contributed by atoms with Crippen LogP contribution in [0.4, 0.5) is 0 Å². The average Bonchev–Trinajstić information content (AvgIpc) is 3.04. The third kappa shape index (κ3) is 3.28. The van der Waals surface area contributed by atoms with E-state index in [0.717, 1.165) is 13.1 Å². The summed E-state index contributed by atoms with van der Waals surface area (Å²) in [7, 11) is -1.77. The fraction of sp³-hybridized carbons (Fsp3) is 0.412. The topological polar surface area (TPSA) is 51.5 Å². The first kappa shape index (κ1) is 16.1. The van der Waals surface area contributed by atoms with E-state index in [2.05, 4.69) is 28.7 Å². The van der Waals surface area contributed by atoms with Crippen LogP contribution in [0.1, 0.15) is 18.7 Å². The van der Waals surface area contributed by atoms with Crippen molar-refractivity contribution in [1.29, 1.82) is 0 Å². The number of rotatable bonds is 5. The van der Waals surface area contributed by atoms with Gasteiger partial charge in [-0.05, 0) is 37.3 Å². The second kappa shape index (κ2) is 6.37. The molecule has 1 aromatic heterocycles. The minimum atomic E-state index is -3.31. The summed E-state index contributed by atoms with van der Waals surface area (Å²) in [5.74, 6) is 0.681. The molecule has 2 heterocycles. The van der Waals surface area contributed by atoms with Crippen molar-refractivity contribution < 1.29 is 13.2 Å². The third-order valence-corrected chi connectivity index (χ3v) is 6.21. The molecule has 0 saturated heterocycles. The number of hydrogen-bond acceptors (Lipinski definition) is 4. The lowest BCUT2D eigenvalue weighted by molar-refractivity contribution is 0.179. The molecule has 0 bridgehead atoms. The highest BCUT2D eigenvalue weighted by Crippen LogP contribution is 2.25. The Morgan fingerprint density at radius 1 is 1.22 bits per heavy atom. The summed E-state index contributed by atoms with van der Waals surface area (Å²) in [5.41, 5.74) is 1.25. The van der Waals surface area contributed by atoms with E-state index in [1.165, 1.54) is 12.8 Å². The number of aromatic nitrogens is 1. The number of sulfone groups is 1. The number of hydrogen-bond donors (Lipinski definition) is 0. The zero-order chi connectivity index (χ0) is 16.4. The Morgan fingerprint density at radius 2 is 2.04 bits per heavy atom.